The first-order valence-corrected chi connectivity index (χ1v) is 6.89. The van der Waals surface area contributed by atoms with E-state index in [0.717, 1.165) is 0 Å². The first kappa shape index (κ1) is 15.0. The van der Waals surface area contributed by atoms with Crippen molar-refractivity contribution in [3.8, 4) is 12.3 Å². The van der Waals surface area contributed by atoms with Gasteiger partial charge in [-0.1, -0.05) is 17.5 Å². The van der Waals surface area contributed by atoms with Gasteiger partial charge in [0.25, 0.3) is 0 Å². The van der Waals surface area contributed by atoms with E-state index in [0.29, 0.717) is 11.2 Å². The minimum absolute atomic E-state index is 0.0563. The lowest BCUT2D eigenvalue weighted by Gasteiger charge is -2.25. The molecule has 116 valence electrons. The molecule has 1 aliphatic heterocycles. The predicted molar refractivity (Wildman–Crippen MR) is 78.8 cm³/mol. The third-order valence-corrected chi connectivity index (χ3v) is 4.19. The number of nitrogens with two attached hydrogens (primary N) is 1. The van der Waals surface area contributed by atoms with Gasteiger partial charge < -0.3 is 20.7 Å². The average Bonchev–Trinajstić information content (AvgIpc) is 2.99. The third-order valence-electron chi connectivity index (χ3n) is 3.67. The summed E-state index contributed by atoms with van der Waals surface area (Å²) in [5.74, 6) is 2.40. The molecular formula is C13H14ClN5O3. The molecule has 2 aromatic heterocycles. The lowest BCUT2D eigenvalue weighted by Crippen LogP contribution is -2.43. The normalized spacial score (nSPS) is 33.0. The van der Waals surface area contributed by atoms with Gasteiger partial charge in [-0.3, -0.25) is 4.57 Å². The number of hydrogen-bond donors (Lipinski definition) is 3. The largest absolute Gasteiger partial charge is 0.391 e. The molecule has 0 amide bonds. The third kappa shape index (κ3) is 2.02. The molecule has 4 N–H and O–H groups in total. The number of aliphatic hydroxyl groups excluding tert-OH is 2. The molecule has 9 heteroatoms. The van der Waals surface area contributed by atoms with Crippen LogP contribution >= 0.6 is 11.6 Å². The molecular weight excluding hydrogens is 310 g/mol. The molecule has 0 bridgehead atoms. The number of aromatic nitrogens is 4. The van der Waals surface area contributed by atoms with Crippen molar-refractivity contribution in [3.05, 3.63) is 12.5 Å². The van der Waals surface area contributed by atoms with Crippen molar-refractivity contribution in [2.75, 3.05) is 5.73 Å². The molecule has 0 saturated carbocycles. The molecule has 8 nitrogen and oxygen atoms in total. The van der Waals surface area contributed by atoms with Crippen LogP contribution < -0.4 is 5.73 Å². The smallest absolute Gasteiger partial charge is 0.222 e. The Hall–Kier alpha value is -1.92. The lowest BCUT2D eigenvalue weighted by molar-refractivity contribution is -0.0752. The number of alkyl halides is 1. The van der Waals surface area contributed by atoms with E-state index < -0.39 is 29.4 Å². The molecule has 0 radical (unpaired) electrons. The zero-order chi connectivity index (χ0) is 16.1. The number of nitrogens with zero attached hydrogens (tertiary/aromatic N) is 4. The fourth-order valence-corrected chi connectivity index (χ4v) is 2.80. The van der Waals surface area contributed by atoms with E-state index in [1.807, 2.05) is 0 Å². The van der Waals surface area contributed by atoms with E-state index >= 15 is 0 Å². The van der Waals surface area contributed by atoms with Gasteiger partial charge in [0.15, 0.2) is 16.7 Å². The van der Waals surface area contributed by atoms with Crippen molar-refractivity contribution < 1.29 is 14.9 Å². The minimum Gasteiger partial charge on any atom is -0.391 e. The number of nitrogen functional groups attached to an aromatic ring is 1. The van der Waals surface area contributed by atoms with Crippen LogP contribution in [0.1, 0.15) is 13.2 Å². The van der Waals surface area contributed by atoms with Crippen LogP contribution in [0, 0.1) is 12.3 Å². The summed E-state index contributed by atoms with van der Waals surface area (Å²) in [6.45, 7) is 1.48. The molecule has 2 unspecified atom stereocenters. The van der Waals surface area contributed by atoms with Crippen LogP contribution in [0.3, 0.4) is 0 Å². The van der Waals surface area contributed by atoms with Gasteiger partial charge in [-0.25, -0.2) is 9.97 Å². The molecule has 1 aliphatic rings. The Labute approximate surface area is 130 Å². The van der Waals surface area contributed by atoms with Crippen LogP contribution in [0.25, 0.3) is 11.2 Å². The maximum absolute atomic E-state index is 10.3. The first-order chi connectivity index (χ1) is 10.4. The van der Waals surface area contributed by atoms with Crippen molar-refractivity contribution in [1.82, 2.24) is 19.5 Å². The van der Waals surface area contributed by atoms with Crippen LogP contribution in [0.2, 0.25) is 0 Å². The summed E-state index contributed by atoms with van der Waals surface area (Å²) >= 11 is 6.40. The zero-order valence-corrected chi connectivity index (χ0v) is 12.3. The minimum atomic E-state index is -1.57. The van der Waals surface area contributed by atoms with Crippen LogP contribution in [-0.2, 0) is 4.74 Å². The summed E-state index contributed by atoms with van der Waals surface area (Å²) in [5, 5.41) is 20.1. The van der Waals surface area contributed by atoms with Gasteiger partial charge in [0.2, 0.25) is 5.95 Å². The number of aliphatic hydroxyl groups is 2. The molecule has 1 saturated heterocycles. The van der Waals surface area contributed by atoms with E-state index in [2.05, 4.69) is 20.9 Å². The second-order valence-corrected chi connectivity index (χ2v) is 5.77. The van der Waals surface area contributed by atoms with E-state index in [1.54, 1.807) is 0 Å². The zero-order valence-electron chi connectivity index (χ0n) is 11.6. The van der Waals surface area contributed by atoms with E-state index in [4.69, 9.17) is 28.5 Å². The molecule has 22 heavy (non-hydrogen) atoms. The monoisotopic (exact) mass is 323 g/mol. The van der Waals surface area contributed by atoms with E-state index in [1.165, 1.54) is 24.0 Å². The predicted octanol–water partition coefficient (Wildman–Crippen LogP) is -0.342. The molecule has 1 fully saturated rings. The second-order valence-electron chi connectivity index (χ2n) is 5.14. The number of anilines is 1. The van der Waals surface area contributed by atoms with Crippen LogP contribution in [0.5, 0.6) is 0 Å². The fraction of sp³-hybridized carbons (Fsp3) is 0.462. The van der Waals surface area contributed by atoms with E-state index in [9.17, 15) is 10.2 Å². The first-order valence-electron chi connectivity index (χ1n) is 6.52. The number of rotatable bonds is 2. The van der Waals surface area contributed by atoms with Gasteiger partial charge >= 0.3 is 0 Å². The molecule has 3 heterocycles. The summed E-state index contributed by atoms with van der Waals surface area (Å²) in [7, 11) is 0. The van der Waals surface area contributed by atoms with Crippen molar-refractivity contribution in [3.63, 3.8) is 0 Å². The Balaban J connectivity index is 2.13. The highest BCUT2D eigenvalue weighted by atomic mass is 35.5. The summed E-state index contributed by atoms with van der Waals surface area (Å²) < 4.78 is 7.16. The topological polar surface area (TPSA) is 119 Å². The van der Waals surface area contributed by atoms with Crippen molar-refractivity contribution >= 4 is 28.7 Å². The van der Waals surface area contributed by atoms with E-state index in [-0.39, 0.29) is 5.95 Å². The Morgan fingerprint density at radius 3 is 2.95 bits per heavy atom. The standard InChI is InChI=1S/C13H14ClN5O3/c1-3-13(14)9(21)8(6(2)20)22-11(13)19-5-17-7-4-16-12(15)18-10(7)19/h1,4-6,8-9,11,20-21H,2H3,(H2,15,16,18)/t6-,8+,9?,11+,13?/m0/s1. The van der Waals surface area contributed by atoms with Crippen LogP contribution in [0.15, 0.2) is 12.5 Å². The number of ether oxygens (including phenoxy) is 1. The van der Waals surface area contributed by atoms with Crippen molar-refractivity contribution in [2.45, 2.75) is 36.3 Å². The summed E-state index contributed by atoms with van der Waals surface area (Å²) in [5.41, 5.74) is 6.43. The van der Waals surface area contributed by atoms with Crippen molar-refractivity contribution in [1.29, 1.82) is 0 Å². The maximum Gasteiger partial charge on any atom is 0.222 e. The molecule has 0 aliphatic carbocycles. The number of halogens is 1. The van der Waals surface area contributed by atoms with Crippen molar-refractivity contribution in [2.24, 2.45) is 0 Å². The number of imidazole rings is 1. The number of hydrogen-bond acceptors (Lipinski definition) is 7. The molecule has 5 atom stereocenters. The van der Waals surface area contributed by atoms with Gasteiger partial charge in [0, 0.05) is 0 Å². The Bertz CT molecular complexity index is 758. The highest BCUT2D eigenvalue weighted by Crippen LogP contribution is 2.44. The summed E-state index contributed by atoms with van der Waals surface area (Å²) in [6, 6.07) is 0. The second kappa shape index (κ2) is 5.07. The number of fused-ring (bicyclic) bond motifs is 1. The van der Waals surface area contributed by atoms with Gasteiger partial charge in [-0.2, -0.15) is 4.98 Å². The molecule has 0 spiro atoms. The number of terminal acetylenes is 1. The quantitative estimate of drug-likeness (QED) is 0.511. The van der Waals surface area contributed by atoms with Crippen LogP contribution in [-0.4, -0.2) is 52.9 Å². The van der Waals surface area contributed by atoms with Gasteiger partial charge in [0.1, 0.15) is 17.7 Å². The molecule has 2 aromatic rings. The molecule has 3 rings (SSSR count). The Morgan fingerprint density at radius 2 is 2.32 bits per heavy atom. The maximum atomic E-state index is 10.3. The molecule has 0 aromatic carbocycles. The van der Waals surface area contributed by atoms with Gasteiger partial charge in [0.05, 0.1) is 18.6 Å². The van der Waals surface area contributed by atoms with Crippen LogP contribution in [0.4, 0.5) is 5.95 Å². The average molecular weight is 324 g/mol. The van der Waals surface area contributed by atoms with Gasteiger partial charge in [-0.15, -0.1) is 6.42 Å². The Kier molecular flexibility index (Phi) is 3.45. The fourth-order valence-electron chi connectivity index (χ4n) is 2.52. The lowest BCUT2D eigenvalue weighted by atomic mass is 9.97. The highest BCUT2D eigenvalue weighted by Gasteiger charge is 2.57. The van der Waals surface area contributed by atoms with Gasteiger partial charge in [-0.05, 0) is 6.92 Å². The Morgan fingerprint density at radius 1 is 1.59 bits per heavy atom. The SMILES string of the molecule is C#CC1(Cl)C(O)[C@@H]([C@H](C)O)O[C@H]1n1cnc2cnc(N)nc21. The highest BCUT2D eigenvalue weighted by molar-refractivity contribution is 6.27. The summed E-state index contributed by atoms with van der Waals surface area (Å²) in [6.07, 6.45) is 4.26. The summed E-state index contributed by atoms with van der Waals surface area (Å²) in [4.78, 5) is 10.5.